The van der Waals surface area contributed by atoms with Crippen LogP contribution >= 0.6 is 41.5 Å². The van der Waals surface area contributed by atoms with Crippen LogP contribution in [0.3, 0.4) is 0 Å². The van der Waals surface area contributed by atoms with Crippen LogP contribution in [0, 0.1) is 71.0 Å². The van der Waals surface area contributed by atoms with Gasteiger partial charge >= 0.3 is 18.7 Å². The number of aliphatic carboxylic acids is 2. The predicted octanol–water partition coefficient (Wildman–Crippen LogP) is 13.1. The molecule has 2 spiro atoms. The zero-order valence-corrected chi connectivity index (χ0v) is 72.4. The number of carboxylic acid groups (broad SMARTS) is 2. The summed E-state index contributed by atoms with van der Waals surface area (Å²) in [6, 6.07) is 2.93. The molecule has 1 aromatic rings. The van der Waals surface area contributed by atoms with Crippen LogP contribution in [0.15, 0.2) is 12.1 Å². The van der Waals surface area contributed by atoms with E-state index in [4.69, 9.17) is 117 Å². The molecular weight excluding hydrogens is 1530 g/mol. The molecule has 30 heteroatoms. The third kappa shape index (κ3) is 18.8. The number of carbonyl (C=O) groups is 2. The van der Waals surface area contributed by atoms with Crippen LogP contribution in [0.4, 0.5) is 0 Å². The van der Waals surface area contributed by atoms with E-state index in [0.29, 0.717) is 48.6 Å². The van der Waals surface area contributed by atoms with Gasteiger partial charge in [-0.15, -0.1) is 0 Å². The van der Waals surface area contributed by atoms with Crippen molar-refractivity contribution in [1.82, 2.24) is 0 Å². The van der Waals surface area contributed by atoms with Crippen LogP contribution in [-0.2, 0) is 87.3 Å². The number of halogens is 3. The summed E-state index contributed by atoms with van der Waals surface area (Å²) in [6.45, 7) is 28.3. The van der Waals surface area contributed by atoms with E-state index in [1.165, 1.54) is 40.6 Å². The number of benzene rings is 1. The maximum Gasteiger partial charge on any atom is 0.380 e. The highest BCUT2D eigenvalue weighted by atomic mass is 35.5. The lowest BCUT2D eigenvalue weighted by atomic mass is 9.78. The first kappa shape index (κ1) is 92.6. The minimum atomic E-state index is -2.82. The lowest BCUT2D eigenvalue weighted by molar-refractivity contribution is -0.336. The van der Waals surface area contributed by atoms with Gasteiger partial charge in [0.05, 0.1) is 148 Å². The maximum atomic E-state index is 11.8. The van der Waals surface area contributed by atoms with Crippen molar-refractivity contribution in [3.05, 3.63) is 27.2 Å². The fourth-order valence-corrected chi connectivity index (χ4v) is 22.2. The Morgan fingerprint density at radius 2 is 0.927 bits per heavy atom. The SMILES string of the molecule is CC[C@@]1([C@@H]2O[C@@H]([C@H]3O[C@@](O)(CO)[C@H](C)C[C@@H]3C)C[C@@H]2C)CC[C@H]([C@]2(C)CC[C@]3(C[C@H](O)[C@@H](C)[C@@H]([C@@H](C)[C@@H](OC)[C@H](C)C(=O)O)O3)O2)O1.CC[C@@]1([C@@H]2O[C@@H]([C@H]3O[C@@](O)(CO)[C@H](C)C[C@@H]3C)C[C@@H]2C)CC[C@H]([C@]2(C)CC[C@]3(C[C@H](O)[C@@H](C)[C@@H]([C@@H](C)[C@@H](OC)[C@H](C)C(=O)O)O3)O2)O1.COP(=S)(OC)Oc1cc(Cl)c(Cl)cc1Cl. The average molecular weight is 1660 g/mol. The molecule has 0 radical (unpaired) electrons. The molecule has 10 saturated heterocycles. The van der Waals surface area contributed by atoms with Crippen molar-refractivity contribution in [3.8, 4) is 5.75 Å². The summed E-state index contributed by atoms with van der Waals surface area (Å²) in [7, 11) is 5.84. The van der Waals surface area contributed by atoms with E-state index in [1.807, 2.05) is 41.5 Å². The van der Waals surface area contributed by atoms with Crippen LogP contribution in [0.25, 0.3) is 0 Å². The molecule has 0 bridgehead atoms. The van der Waals surface area contributed by atoms with Gasteiger partial charge in [0, 0.05) is 108 Å². The summed E-state index contributed by atoms with van der Waals surface area (Å²) < 4.78 is 94.1. The van der Waals surface area contributed by atoms with Crippen molar-refractivity contribution in [2.45, 2.75) is 345 Å². The van der Waals surface area contributed by atoms with E-state index in [0.717, 1.165) is 64.2 Å². The summed E-state index contributed by atoms with van der Waals surface area (Å²) in [5, 5.41) is 84.6. The summed E-state index contributed by atoms with van der Waals surface area (Å²) in [6.07, 6.45) is 5.99. The van der Waals surface area contributed by atoms with Crippen molar-refractivity contribution in [1.29, 1.82) is 0 Å². The third-order valence-corrected chi connectivity index (χ3v) is 31.2. The van der Waals surface area contributed by atoms with Gasteiger partial charge in [-0.25, -0.2) is 0 Å². The topological polar surface area (TPSA) is 334 Å². The fraction of sp³-hybridized carbons (Fsp3) is 0.900. The molecule has 10 aliphatic heterocycles. The number of methoxy groups -OCH3 is 2. The Labute approximate surface area is 672 Å². The number of carboxylic acids is 2. The van der Waals surface area contributed by atoms with Gasteiger partial charge in [-0.1, -0.05) is 118 Å². The van der Waals surface area contributed by atoms with Crippen molar-refractivity contribution >= 4 is 65.3 Å². The standard InChI is InChI=1S/2C36H62O11.C8H8Cl3O3PS/c2*1-10-34(31-20(3)16-26(43-31)28-19(2)15-21(4)36(41,18-37)46-28)12-11-27(44-34)33(8)13-14-35(47-33)17-25(38)22(5)30(45-35)23(6)29(42-9)24(7)32(39)40;1-12-15(16,13-2)14-8-4-6(10)5(9)3-7(8)11/h2*19-31,37-38,41H,10-18H2,1-9H3,(H,39,40);3-4H,1-2H3/t2*19-,20-,21+,22+,23-,24-,25-,26+,27+,28-,29+,30-,31+,33-,34-,35+,36-;/m00./s1. The molecule has 25 nitrogen and oxygen atoms in total. The average Bonchev–Trinajstić information content (AvgIpc) is 1.58. The number of hydrogen-bond acceptors (Lipinski definition) is 24. The zero-order valence-electron chi connectivity index (χ0n) is 68.4. The van der Waals surface area contributed by atoms with Gasteiger partial charge in [0.15, 0.2) is 23.1 Å². The molecule has 34 atom stereocenters. The molecular formula is C80H132Cl3O25PS. The van der Waals surface area contributed by atoms with Crippen molar-refractivity contribution in [2.24, 2.45) is 71.0 Å². The summed E-state index contributed by atoms with van der Waals surface area (Å²) in [4.78, 5) is 23.7. The first-order chi connectivity index (χ1) is 51.4. The highest BCUT2D eigenvalue weighted by Crippen LogP contribution is 2.59. The fourth-order valence-electron chi connectivity index (χ4n) is 20.7. The van der Waals surface area contributed by atoms with Crippen LogP contribution in [0.2, 0.25) is 15.1 Å². The Bertz CT molecular complexity index is 3130. The van der Waals surface area contributed by atoms with Gasteiger partial charge in [-0.05, 0) is 134 Å². The van der Waals surface area contributed by atoms with E-state index >= 15 is 0 Å². The highest BCUT2D eigenvalue weighted by molar-refractivity contribution is 8.07. The molecule has 10 heterocycles. The van der Waals surface area contributed by atoms with Crippen LogP contribution in [0.5, 0.6) is 5.75 Å². The molecule has 110 heavy (non-hydrogen) atoms. The minimum absolute atomic E-state index is 0.153. The molecule has 0 saturated carbocycles. The van der Waals surface area contributed by atoms with Crippen LogP contribution in [0.1, 0.15) is 214 Å². The Balaban J connectivity index is 0.000000211. The largest absolute Gasteiger partial charge is 0.481 e. The highest BCUT2D eigenvalue weighted by Gasteiger charge is 2.65. The maximum absolute atomic E-state index is 11.8. The number of hydrogen-bond donors (Lipinski definition) is 8. The first-order valence-corrected chi connectivity index (χ1v) is 43.9. The lowest BCUT2D eigenvalue weighted by Gasteiger charge is -2.49. The second-order valence-corrected chi connectivity index (χ2v) is 39.6. The van der Waals surface area contributed by atoms with Gasteiger partial charge in [0.25, 0.3) is 0 Å². The second-order valence-electron chi connectivity index (χ2n) is 35.2. The van der Waals surface area contributed by atoms with Crippen molar-refractivity contribution in [2.75, 3.05) is 41.7 Å². The van der Waals surface area contributed by atoms with Gasteiger partial charge < -0.3 is 111 Å². The van der Waals surface area contributed by atoms with E-state index in [1.54, 1.807) is 13.8 Å². The molecule has 634 valence electrons. The van der Waals surface area contributed by atoms with Gasteiger partial charge in [0.1, 0.15) is 5.75 Å². The normalized spacial score (nSPS) is 45.2. The molecule has 8 N–H and O–H groups in total. The zero-order chi connectivity index (χ0) is 81.7. The number of aliphatic hydroxyl groups is 6. The molecule has 1 aromatic carbocycles. The molecule has 11 rings (SSSR count). The van der Waals surface area contributed by atoms with Gasteiger partial charge in [-0.2, -0.15) is 0 Å². The smallest absolute Gasteiger partial charge is 0.380 e. The van der Waals surface area contributed by atoms with Gasteiger partial charge in [-0.3, -0.25) is 9.59 Å². The number of rotatable bonds is 24. The van der Waals surface area contributed by atoms with Gasteiger partial charge in [0.2, 0.25) is 0 Å². The summed E-state index contributed by atoms with van der Waals surface area (Å²) in [5.41, 5.74) is -2.29. The Morgan fingerprint density at radius 1 is 0.555 bits per heavy atom. The molecule has 10 fully saturated rings. The van der Waals surface area contributed by atoms with Crippen molar-refractivity contribution < 1.29 is 121 Å². The van der Waals surface area contributed by atoms with E-state index in [9.17, 15) is 50.4 Å². The second kappa shape index (κ2) is 36.3. The summed E-state index contributed by atoms with van der Waals surface area (Å²) >= 11 is 22.5. The number of ether oxygens (including phenoxy) is 12. The predicted molar refractivity (Wildman–Crippen MR) is 415 cm³/mol. The number of aliphatic hydroxyl groups excluding tert-OH is 4. The van der Waals surface area contributed by atoms with Crippen LogP contribution < -0.4 is 4.52 Å². The van der Waals surface area contributed by atoms with Crippen LogP contribution in [-0.4, -0.2) is 225 Å². The molecule has 0 aromatic heterocycles. The Hall–Kier alpha value is -1.32. The van der Waals surface area contributed by atoms with E-state index in [-0.39, 0.29) is 119 Å². The Morgan fingerprint density at radius 3 is 1.26 bits per heavy atom. The summed E-state index contributed by atoms with van der Waals surface area (Å²) in [5.74, 6) is -8.77. The monoisotopic (exact) mass is 1660 g/mol. The first-order valence-electron chi connectivity index (χ1n) is 40.2. The molecule has 10 aliphatic rings. The van der Waals surface area contributed by atoms with E-state index in [2.05, 4.69) is 55.4 Å². The third-order valence-electron chi connectivity index (χ3n) is 27.7. The molecule has 0 aliphatic carbocycles. The van der Waals surface area contributed by atoms with Crippen molar-refractivity contribution in [3.63, 3.8) is 0 Å². The van der Waals surface area contributed by atoms with E-state index < -0.39 is 126 Å². The quantitative estimate of drug-likeness (QED) is 0.0352. The molecule has 0 unspecified atom stereocenters. The Kier molecular flexibility index (Phi) is 30.6. The molecule has 0 amide bonds. The lowest BCUT2D eigenvalue weighted by Crippen LogP contribution is -2.57. The minimum Gasteiger partial charge on any atom is -0.481 e.